The first kappa shape index (κ1) is 14.1. The van der Waals surface area contributed by atoms with Crippen molar-refractivity contribution in [1.29, 1.82) is 0 Å². The summed E-state index contributed by atoms with van der Waals surface area (Å²) in [6.07, 6.45) is 2.77. The fraction of sp³-hybridized carbons (Fsp3) is 0.615. The molecular weight excluding hydrogens is 236 g/mol. The van der Waals surface area contributed by atoms with E-state index in [9.17, 15) is 0 Å². The van der Waals surface area contributed by atoms with E-state index in [-0.39, 0.29) is 6.04 Å². The second-order valence-electron chi connectivity index (χ2n) is 4.41. The molecule has 0 aliphatic rings. The summed E-state index contributed by atoms with van der Waals surface area (Å²) >= 11 is 5.96. The molecule has 1 atom stereocenters. The van der Waals surface area contributed by atoms with Gasteiger partial charge in [0.2, 0.25) is 0 Å². The zero-order chi connectivity index (χ0) is 12.7. The number of nitrogens with one attached hydrogen (secondary N) is 1. The van der Waals surface area contributed by atoms with Gasteiger partial charge in [-0.1, -0.05) is 13.8 Å². The number of pyridine rings is 1. The van der Waals surface area contributed by atoms with E-state index in [4.69, 9.17) is 16.3 Å². The lowest BCUT2D eigenvalue weighted by Gasteiger charge is -2.20. The third kappa shape index (κ3) is 4.82. The van der Waals surface area contributed by atoms with Gasteiger partial charge in [0.1, 0.15) is 0 Å². The third-order valence-electron chi connectivity index (χ3n) is 2.35. The standard InChI is InChI=1S/C13H21ClN2O/c1-4-17-12-6-5-7-15-13(12)16-11(9-14)8-10(2)3/h5-7,10-11H,4,8-9H2,1-3H3,(H,15,16). The molecule has 1 unspecified atom stereocenters. The molecule has 96 valence electrons. The van der Waals surface area contributed by atoms with Crippen molar-refractivity contribution in [3.05, 3.63) is 18.3 Å². The Morgan fingerprint density at radius 2 is 2.24 bits per heavy atom. The van der Waals surface area contributed by atoms with Crippen molar-refractivity contribution in [3.63, 3.8) is 0 Å². The highest BCUT2D eigenvalue weighted by Crippen LogP contribution is 2.23. The molecule has 4 heteroatoms. The van der Waals surface area contributed by atoms with Gasteiger partial charge < -0.3 is 10.1 Å². The quantitative estimate of drug-likeness (QED) is 0.758. The van der Waals surface area contributed by atoms with Crippen molar-refractivity contribution in [3.8, 4) is 5.75 Å². The van der Waals surface area contributed by atoms with Gasteiger partial charge in [0.25, 0.3) is 0 Å². The van der Waals surface area contributed by atoms with Crippen LogP contribution >= 0.6 is 11.6 Å². The maximum atomic E-state index is 5.96. The first-order chi connectivity index (χ1) is 8.17. The molecule has 1 rings (SSSR count). The van der Waals surface area contributed by atoms with Gasteiger partial charge in [-0.2, -0.15) is 0 Å². The number of rotatable bonds is 7. The number of anilines is 1. The van der Waals surface area contributed by atoms with Crippen LogP contribution in [0.5, 0.6) is 5.75 Å². The summed E-state index contributed by atoms with van der Waals surface area (Å²) in [5, 5.41) is 3.35. The van der Waals surface area contributed by atoms with Gasteiger partial charge in [0.05, 0.1) is 6.61 Å². The summed E-state index contributed by atoms with van der Waals surface area (Å²) in [5.41, 5.74) is 0. The van der Waals surface area contributed by atoms with Gasteiger partial charge in [-0.25, -0.2) is 4.98 Å². The minimum Gasteiger partial charge on any atom is -0.490 e. The molecule has 0 saturated carbocycles. The molecule has 1 aromatic heterocycles. The Balaban J connectivity index is 2.71. The lowest BCUT2D eigenvalue weighted by atomic mass is 10.1. The fourth-order valence-electron chi connectivity index (χ4n) is 1.69. The Morgan fingerprint density at radius 3 is 2.82 bits per heavy atom. The number of ether oxygens (including phenoxy) is 1. The maximum Gasteiger partial charge on any atom is 0.169 e. The van der Waals surface area contributed by atoms with E-state index in [1.807, 2.05) is 19.1 Å². The second-order valence-corrected chi connectivity index (χ2v) is 4.72. The van der Waals surface area contributed by atoms with Crippen molar-refractivity contribution < 1.29 is 4.74 Å². The molecule has 0 spiro atoms. The molecule has 0 saturated heterocycles. The van der Waals surface area contributed by atoms with E-state index in [2.05, 4.69) is 24.1 Å². The number of hydrogen-bond acceptors (Lipinski definition) is 3. The van der Waals surface area contributed by atoms with Gasteiger partial charge in [-0.15, -0.1) is 11.6 Å². The van der Waals surface area contributed by atoms with E-state index in [0.29, 0.717) is 18.4 Å². The average Bonchev–Trinajstić information content (AvgIpc) is 2.30. The van der Waals surface area contributed by atoms with Gasteiger partial charge in [-0.05, 0) is 31.4 Å². The summed E-state index contributed by atoms with van der Waals surface area (Å²) in [5.74, 6) is 2.74. The van der Waals surface area contributed by atoms with Crippen molar-refractivity contribution in [2.45, 2.75) is 33.2 Å². The molecule has 0 aliphatic heterocycles. The first-order valence-electron chi connectivity index (χ1n) is 6.07. The number of halogens is 1. The van der Waals surface area contributed by atoms with Crippen LogP contribution in [0.1, 0.15) is 27.2 Å². The van der Waals surface area contributed by atoms with Crippen LogP contribution < -0.4 is 10.1 Å². The van der Waals surface area contributed by atoms with Crippen LogP contribution in [0.25, 0.3) is 0 Å². The SMILES string of the molecule is CCOc1cccnc1NC(CCl)CC(C)C. The second kappa shape index (κ2) is 7.38. The Bertz CT molecular complexity index is 331. The molecule has 0 aliphatic carbocycles. The van der Waals surface area contributed by atoms with Gasteiger partial charge in [0, 0.05) is 18.1 Å². The molecule has 1 heterocycles. The summed E-state index contributed by atoms with van der Waals surface area (Å²) in [4.78, 5) is 4.30. The molecule has 0 radical (unpaired) electrons. The first-order valence-corrected chi connectivity index (χ1v) is 6.61. The topological polar surface area (TPSA) is 34.1 Å². The van der Waals surface area contributed by atoms with Crippen LogP contribution in [0.4, 0.5) is 5.82 Å². The molecule has 17 heavy (non-hydrogen) atoms. The minimum absolute atomic E-state index is 0.228. The molecule has 1 N–H and O–H groups in total. The van der Waals surface area contributed by atoms with Crippen LogP contribution in [-0.4, -0.2) is 23.5 Å². The van der Waals surface area contributed by atoms with Crippen LogP contribution in [0.2, 0.25) is 0 Å². The highest BCUT2D eigenvalue weighted by atomic mass is 35.5. The largest absolute Gasteiger partial charge is 0.490 e. The van der Waals surface area contributed by atoms with Gasteiger partial charge in [0.15, 0.2) is 11.6 Å². The van der Waals surface area contributed by atoms with E-state index >= 15 is 0 Å². The average molecular weight is 257 g/mol. The van der Waals surface area contributed by atoms with Crippen molar-refractivity contribution in [1.82, 2.24) is 4.98 Å². The van der Waals surface area contributed by atoms with E-state index in [0.717, 1.165) is 18.0 Å². The van der Waals surface area contributed by atoms with E-state index in [1.54, 1.807) is 6.20 Å². The monoisotopic (exact) mass is 256 g/mol. The zero-order valence-corrected chi connectivity index (χ0v) is 11.5. The van der Waals surface area contributed by atoms with Gasteiger partial charge >= 0.3 is 0 Å². The van der Waals surface area contributed by atoms with E-state index in [1.165, 1.54) is 0 Å². The number of aromatic nitrogens is 1. The van der Waals surface area contributed by atoms with Crippen LogP contribution in [-0.2, 0) is 0 Å². The number of alkyl halides is 1. The Labute approximate surface area is 109 Å². The predicted octanol–water partition coefficient (Wildman–Crippen LogP) is 3.55. The third-order valence-corrected chi connectivity index (χ3v) is 2.73. The summed E-state index contributed by atoms with van der Waals surface area (Å²) in [6.45, 7) is 6.96. The molecule has 1 aromatic rings. The molecule has 0 fully saturated rings. The predicted molar refractivity (Wildman–Crippen MR) is 73.0 cm³/mol. The molecule has 0 aromatic carbocycles. The normalized spacial score (nSPS) is 12.5. The number of hydrogen-bond donors (Lipinski definition) is 1. The van der Waals surface area contributed by atoms with Crippen LogP contribution in [0.3, 0.4) is 0 Å². The van der Waals surface area contributed by atoms with Gasteiger partial charge in [-0.3, -0.25) is 0 Å². The summed E-state index contributed by atoms with van der Waals surface area (Å²) in [7, 11) is 0. The van der Waals surface area contributed by atoms with Crippen LogP contribution in [0, 0.1) is 5.92 Å². The summed E-state index contributed by atoms with van der Waals surface area (Å²) < 4.78 is 5.52. The zero-order valence-electron chi connectivity index (χ0n) is 10.7. The molecule has 0 amide bonds. The smallest absolute Gasteiger partial charge is 0.169 e. The lowest BCUT2D eigenvalue weighted by Crippen LogP contribution is -2.24. The van der Waals surface area contributed by atoms with Crippen molar-refractivity contribution in [2.24, 2.45) is 5.92 Å². The highest BCUT2D eigenvalue weighted by molar-refractivity contribution is 6.18. The van der Waals surface area contributed by atoms with E-state index < -0.39 is 0 Å². The Morgan fingerprint density at radius 1 is 1.47 bits per heavy atom. The Hall–Kier alpha value is -0.960. The Kier molecular flexibility index (Phi) is 6.12. The maximum absolute atomic E-state index is 5.96. The fourth-order valence-corrected chi connectivity index (χ4v) is 1.90. The van der Waals surface area contributed by atoms with Crippen molar-refractivity contribution in [2.75, 3.05) is 17.8 Å². The molecular formula is C13H21ClN2O. The molecule has 0 bridgehead atoms. The van der Waals surface area contributed by atoms with Crippen LogP contribution in [0.15, 0.2) is 18.3 Å². The number of nitrogens with zero attached hydrogens (tertiary/aromatic N) is 1. The lowest BCUT2D eigenvalue weighted by molar-refractivity contribution is 0.340. The molecule has 3 nitrogen and oxygen atoms in total. The summed E-state index contributed by atoms with van der Waals surface area (Å²) in [6, 6.07) is 4.01. The highest BCUT2D eigenvalue weighted by Gasteiger charge is 2.12. The van der Waals surface area contributed by atoms with Crippen molar-refractivity contribution >= 4 is 17.4 Å². The minimum atomic E-state index is 0.228.